The number of halogens is 7. The molecular weight excluding hydrogens is 577 g/mol. The highest BCUT2D eigenvalue weighted by Crippen LogP contribution is 2.37. The monoisotopic (exact) mass is 610 g/mol. The molecule has 0 amide bonds. The summed E-state index contributed by atoms with van der Waals surface area (Å²) in [5.74, 6) is -5.75. The Hall–Kier alpha value is -3.69. The summed E-state index contributed by atoms with van der Waals surface area (Å²) in [7, 11) is 0. The highest BCUT2D eigenvalue weighted by molar-refractivity contribution is 5.37. The fourth-order valence-electron chi connectivity index (χ4n) is 5.27. The Morgan fingerprint density at radius 2 is 1.37 bits per heavy atom. The van der Waals surface area contributed by atoms with Crippen molar-refractivity contribution in [3.63, 3.8) is 0 Å². The molecule has 1 aliphatic rings. The highest BCUT2D eigenvalue weighted by atomic mass is 19.3. The number of rotatable bonds is 13. The van der Waals surface area contributed by atoms with Gasteiger partial charge < -0.3 is 14.2 Å². The summed E-state index contributed by atoms with van der Waals surface area (Å²) in [6.07, 6.45) is 1.55. The summed E-state index contributed by atoms with van der Waals surface area (Å²) in [5, 5.41) is 0. The van der Waals surface area contributed by atoms with Crippen LogP contribution in [0, 0.1) is 29.3 Å². The quantitative estimate of drug-likeness (QED) is 0.142. The van der Waals surface area contributed by atoms with Crippen molar-refractivity contribution in [2.24, 2.45) is 11.8 Å². The van der Waals surface area contributed by atoms with Gasteiger partial charge in [-0.15, -0.1) is 0 Å². The summed E-state index contributed by atoms with van der Waals surface area (Å²) in [6.45, 7) is 2.49. The normalized spacial score (nSPS) is 16.9. The Morgan fingerprint density at radius 3 is 1.95 bits per heavy atom. The molecule has 1 saturated carbocycles. The summed E-state index contributed by atoms with van der Waals surface area (Å²) >= 11 is 0. The van der Waals surface area contributed by atoms with Crippen molar-refractivity contribution < 1.29 is 44.9 Å². The molecule has 232 valence electrons. The van der Waals surface area contributed by atoms with Crippen molar-refractivity contribution in [2.45, 2.75) is 64.4 Å². The molecule has 3 aromatic rings. The molecule has 3 aromatic carbocycles. The Kier molecular flexibility index (Phi) is 11.0. The van der Waals surface area contributed by atoms with Crippen LogP contribution in [-0.2, 0) is 19.0 Å². The summed E-state index contributed by atoms with van der Waals surface area (Å²) in [6, 6.07) is 12.2. The maximum atomic E-state index is 14.7. The van der Waals surface area contributed by atoms with E-state index in [0.29, 0.717) is 24.7 Å². The first-order valence-corrected chi connectivity index (χ1v) is 14.3. The predicted molar refractivity (Wildman–Crippen MR) is 148 cm³/mol. The van der Waals surface area contributed by atoms with E-state index in [2.05, 4.69) is 40.7 Å². The van der Waals surface area contributed by atoms with Crippen LogP contribution in [0.1, 0.15) is 62.1 Å². The third-order valence-electron chi connectivity index (χ3n) is 7.59. The van der Waals surface area contributed by atoms with Crippen molar-refractivity contribution >= 4 is 0 Å². The first-order valence-electron chi connectivity index (χ1n) is 14.3. The van der Waals surface area contributed by atoms with Gasteiger partial charge in [-0.1, -0.05) is 50.5 Å². The minimum Gasteiger partial charge on any atom is -0.493 e. The molecule has 1 fully saturated rings. The highest BCUT2D eigenvalue weighted by Gasteiger charge is 2.38. The molecule has 0 N–H and O–H groups in total. The van der Waals surface area contributed by atoms with Gasteiger partial charge in [0, 0.05) is 18.2 Å². The Balaban J connectivity index is 1.26. The minimum atomic E-state index is -4.31. The molecule has 0 heterocycles. The molecule has 43 heavy (non-hydrogen) atoms. The van der Waals surface area contributed by atoms with E-state index in [-0.39, 0.29) is 17.9 Å². The standard InChI is InChI=1S/C33H33F7O3/c1-2-3-21-4-6-22(7-5-21)8-9-23-10-12-24(13-11-23)19-41-25-14-15-27(28(34)16-25)33(39,40)43-26-17-29(35)32(30(36)18-26)42-20-31(37)38/h4-7,14-18,20,23-24H,2-3,8-13,19H2,1H3. The maximum absolute atomic E-state index is 14.7. The van der Waals surface area contributed by atoms with Crippen LogP contribution in [0.4, 0.5) is 30.7 Å². The van der Waals surface area contributed by atoms with Crippen molar-refractivity contribution in [3.05, 3.63) is 101 Å². The first kappa shape index (κ1) is 32.2. The number of benzene rings is 3. The maximum Gasteiger partial charge on any atom is 0.429 e. The molecule has 0 aliphatic heterocycles. The molecule has 0 radical (unpaired) electrons. The molecule has 0 atom stereocenters. The topological polar surface area (TPSA) is 27.7 Å². The molecule has 4 rings (SSSR count). The van der Waals surface area contributed by atoms with E-state index >= 15 is 0 Å². The SMILES string of the molecule is CCCc1ccc(CCC2CCC(COc3ccc(C(F)(F)Oc4cc(F)c(OC=C(F)F)c(F)c4)c(F)c3)CC2)cc1. The van der Waals surface area contributed by atoms with Crippen LogP contribution in [0.2, 0.25) is 0 Å². The van der Waals surface area contributed by atoms with E-state index < -0.39 is 46.7 Å². The van der Waals surface area contributed by atoms with E-state index in [1.54, 1.807) is 0 Å². The first-order chi connectivity index (χ1) is 20.5. The molecule has 1 aliphatic carbocycles. The predicted octanol–water partition coefficient (Wildman–Crippen LogP) is 10.1. The van der Waals surface area contributed by atoms with Crippen LogP contribution < -0.4 is 14.2 Å². The summed E-state index contributed by atoms with van der Waals surface area (Å²) in [4.78, 5) is 0. The van der Waals surface area contributed by atoms with Gasteiger partial charge >= 0.3 is 12.2 Å². The third kappa shape index (κ3) is 9.15. The second kappa shape index (κ2) is 14.7. The molecule has 0 saturated heterocycles. The van der Waals surface area contributed by atoms with Crippen LogP contribution >= 0.6 is 0 Å². The van der Waals surface area contributed by atoms with Gasteiger partial charge in [-0.3, -0.25) is 0 Å². The molecular formula is C33H33F7O3. The number of hydrogen-bond donors (Lipinski definition) is 0. The second-order valence-corrected chi connectivity index (χ2v) is 10.8. The van der Waals surface area contributed by atoms with Crippen LogP contribution in [-0.4, -0.2) is 6.61 Å². The van der Waals surface area contributed by atoms with Crippen molar-refractivity contribution in [2.75, 3.05) is 6.61 Å². The third-order valence-corrected chi connectivity index (χ3v) is 7.59. The Labute approximate surface area is 246 Å². The fourth-order valence-corrected chi connectivity index (χ4v) is 5.27. The van der Waals surface area contributed by atoms with E-state index in [4.69, 9.17) is 4.74 Å². The fraction of sp³-hybridized carbons (Fsp3) is 0.394. The van der Waals surface area contributed by atoms with Crippen LogP contribution in [0.15, 0.2) is 66.9 Å². The zero-order valence-electron chi connectivity index (χ0n) is 23.7. The largest absolute Gasteiger partial charge is 0.493 e. The average molecular weight is 611 g/mol. The van der Waals surface area contributed by atoms with Crippen LogP contribution in [0.25, 0.3) is 0 Å². The van der Waals surface area contributed by atoms with Gasteiger partial charge in [0.05, 0.1) is 6.61 Å². The lowest BCUT2D eigenvalue weighted by Gasteiger charge is -2.28. The molecule has 0 bridgehead atoms. The number of aryl methyl sites for hydroxylation is 2. The van der Waals surface area contributed by atoms with Crippen LogP contribution in [0.5, 0.6) is 17.2 Å². The summed E-state index contributed by atoms with van der Waals surface area (Å²) in [5.41, 5.74) is 1.53. The Bertz CT molecular complexity index is 1360. The zero-order valence-corrected chi connectivity index (χ0v) is 23.7. The Morgan fingerprint density at radius 1 is 0.791 bits per heavy atom. The van der Waals surface area contributed by atoms with Gasteiger partial charge in [-0.25, -0.2) is 13.2 Å². The smallest absolute Gasteiger partial charge is 0.429 e. The van der Waals surface area contributed by atoms with E-state index in [9.17, 15) is 30.7 Å². The second-order valence-electron chi connectivity index (χ2n) is 10.8. The average Bonchev–Trinajstić information content (AvgIpc) is 2.95. The van der Waals surface area contributed by atoms with Gasteiger partial charge in [0.15, 0.2) is 23.6 Å². The van der Waals surface area contributed by atoms with Crippen molar-refractivity contribution in [1.29, 1.82) is 0 Å². The lowest BCUT2D eigenvalue weighted by molar-refractivity contribution is -0.187. The molecule has 0 unspecified atom stereocenters. The van der Waals surface area contributed by atoms with Gasteiger partial charge in [0.1, 0.15) is 22.9 Å². The van der Waals surface area contributed by atoms with Gasteiger partial charge in [0.2, 0.25) is 0 Å². The molecule has 0 spiro atoms. The molecule has 10 heteroatoms. The van der Waals surface area contributed by atoms with Crippen molar-refractivity contribution in [1.82, 2.24) is 0 Å². The zero-order chi connectivity index (χ0) is 31.0. The molecule has 3 nitrogen and oxygen atoms in total. The summed E-state index contributed by atoms with van der Waals surface area (Å²) < 4.78 is 111. The van der Waals surface area contributed by atoms with E-state index in [0.717, 1.165) is 63.5 Å². The van der Waals surface area contributed by atoms with E-state index in [1.807, 2.05) is 0 Å². The molecule has 0 aromatic heterocycles. The minimum absolute atomic E-state index is 0.0671. The lowest BCUT2D eigenvalue weighted by atomic mass is 9.80. The van der Waals surface area contributed by atoms with E-state index in [1.165, 1.54) is 17.2 Å². The number of ether oxygens (including phenoxy) is 3. The van der Waals surface area contributed by atoms with Gasteiger partial charge in [0.25, 0.3) is 0 Å². The van der Waals surface area contributed by atoms with Crippen molar-refractivity contribution in [3.8, 4) is 17.2 Å². The van der Waals surface area contributed by atoms with Crippen LogP contribution in [0.3, 0.4) is 0 Å². The van der Waals surface area contributed by atoms with Gasteiger partial charge in [-0.2, -0.15) is 17.6 Å². The number of hydrogen-bond acceptors (Lipinski definition) is 3. The number of alkyl halides is 2. The van der Waals surface area contributed by atoms with Gasteiger partial charge in [-0.05, 0) is 67.2 Å². The lowest BCUT2D eigenvalue weighted by Crippen LogP contribution is -2.24.